The molecule has 0 radical (unpaired) electrons. The fourth-order valence-corrected chi connectivity index (χ4v) is 3.29. The zero-order valence-corrected chi connectivity index (χ0v) is 16.9. The summed E-state index contributed by atoms with van der Waals surface area (Å²) in [5.74, 6) is -1.20. The summed E-state index contributed by atoms with van der Waals surface area (Å²) in [6.45, 7) is 0.412. The Morgan fingerprint density at radius 3 is 2.50 bits per heavy atom. The molecule has 30 heavy (non-hydrogen) atoms. The summed E-state index contributed by atoms with van der Waals surface area (Å²) in [4.78, 5) is 41.0. The quantitative estimate of drug-likeness (QED) is 0.448. The molecule has 0 saturated carbocycles. The van der Waals surface area contributed by atoms with Crippen molar-refractivity contribution >= 4 is 29.3 Å². The van der Waals surface area contributed by atoms with Crippen LogP contribution in [-0.2, 0) is 18.4 Å². The molecule has 154 valence electrons. The van der Waals surface area contributed by atoms with Crippen LogP contribution < -0.4 is 16.2 Å². The second kappa shape index (κ2) is 9.84. The van der Waals surface area contributed by atoms with Crippen LogP contribution in [0.2, 0.25) is 0 Å². The maximum absolute atomic E-state index is 13.0. The molecule has 7 nitrogen and oxygen atoms in total. The predicted octanol–water partition coefficient (Wildman–Crippen LogP) is 2.58. The van der Waals surface area contributed by atoms with E-state index in [-0.39, 0.29) is 17.2 Å². The van der Waals surface area contributed by atoms with Crippen LogP contribution in [0.4, 0.5) is 10.1 Å². The number of halogens is 1. The van der Waals surface area contributed by atoms with Crippen molar-refractivity contribution in [3.63, 3.8) is 0 Å². The topological polar surface area (TPSA) is 93.1 Å². The number of carbonyl (C=O) groups is 2. The highest BCUT2D eigenvalue weighted by Gasteiger charge is 2.16. The number of carbonyl (C=O) groups excluding carboxylic acids is 2. The number of aromatic nitrogens is 2. The summed E-state index contributed by atoms with van der Waals surface area (Å²) < 4.78 is 14.2. The van der Waals surface area contributed by atoms with Gasteiger partial charge in [-0.05, 0) is 29.8 Å². The fourth-order valence-electron chi connectivity index (χ4n) is 2.53. The van der Waals surface area contributed by atoms with Crippen molar-refractivity contribution in [3.8, 4) is 0 Å². The van der Waals surface area contributed by atoms with Crippen LogP contribution in [0.5, 0.6) is 0 Å². The first kappa shape index (κ1) is 21.3. The third kappa shape index (κ3) is 5.54. The van der Waals surface area contributed by atoms with Crippen LogP contribution in [0.25, 0.3) is 0 Å². The van der Waals surface area contributed by atoms with Gasteiger partial charge in [0.2, 0.25) is 5.91 Å². The molecule has 2 amide bonds. The molecular weight excluding hydrogens is 407 g/mol. The summed E-state index contributed by atoms with van der Waals surface area (Å²) >= 11 is 1.10. The Hall–Kier alpha value is -3.46. The lowest BCUT2D eigenvalue weighted by Crippen LogP contribution is -2.30. The molecule has 2 N–H and O–H groups in total. The number of hydrogen-bond acceptors (Lipinski definition) is 5. The van der Waals surface area contributed by atoms with Gasteiger partial charge in [0.25, 0.3) is 11.5 Å². The van der Waals surface area contributed by atoms with Crippen LogP contribution in [0.3, 0.4) is 0 Å². The van der Waals surface area contributed by atoms with Crippen molar-refractivity contribution < 1.29 is 14.0 Å². The lowest BCUT2D eigenvalue weighted by molar-refractivity contribution is -0.118. The Morgan fingerprint density at radius 1 is 1.10 bits per heavy atom. The number of amides is 2. The van der Waals surface area contributed by atoms with Crippen LogP contribution >= 0.6 is 11.8 Å². The van der Waals surface area contributed by atoms with E-state index in [2.05, 4.69) is 15.6 Å². The van der Waals surface area contributed by atoms with E-state index in [1.54, 1.807) is 0 Å². The van der Waals surface area contributed by atoms with Crippen molar-refractivity contribution in [3.05, 3.63) is 88.1 Å². The van der Waals surface area contributed by atoms with E-state index in [4.69, 9.17) is 0 Å². The molecule has 0 aliphatic rings. The Bertz CT molecular complexity index is 1100. The van der Waals surface area contributed by atoms with Gasteiger partial charge in [-0.2, -0.15) is 0 Å². The minimum absolute atomic E-state index is 0.0776. The predicted molar refractivity (Wildman–Crippen MR) is 113 cm³/mol. The summed E-state index contributed by atoms with van der Waals surface area (Å²) in [5.41, 5.74) is 0.645. The van der Waals surface area contributed by atoms with Crippen molar-refractivity contribution in [1.29, 1.82) is 0 Å². The highest BCUT2D eigenvalue weighted by molar-refractivity contribution is 7.99. The minimum Gasteiger partial charge on any atom is -0.351 e. The van der Waals surface area contributed by atoms with Crippen LogP contribution in [-0.4, -0.2) is 27.1 Å². The van der Waals surface area contributed by atoms with Gasteiger partial charge in [0.05, 0.1) is 5.75 Å². The summed E-state index contributed by atoms with van der Waals surface area (Å²) in [7, 11) is 1.48. The van der Waals surface area contributed by atoms with Gasteiger partial charge in [0.1, 0.15) is 11.4 Å². The highest BCUT2D eigenvalue weighted by atomic mass is 32.2. The molecule has 3 rings (SSSR count). The molecule has 3 aromatic rings. The van der Waals surface area contributed by atoms with E-state index in [0.717, 1.165) is 17.3 Å². The van der Waals surface area contributed by atoms with Crippen molar-refractivity contribution in [1.82, 2.24) is 14.9 Å². The smallest absolute Gasteiger partial charge is 0.266 e. The van der Waals surface area contributed by atoms with Crippen molar-refractivity contribution in [2.75, 3.05) is 11.1 Å². The highest BCUT2D eigenvalue weighted by Crippen LogP contribution is 2.14. The monoisotopic (exact) mass is 426 g/mol. The zero-order chi connectivity index (χ0) is 21.5. The molecule has 1 heterocycles. The van der Waals surface area contributed by atoms with Crippen molar-refractivity contribution in [2.24, 2.45) is 7.05 Å². The van der Waals surface area contributed by atoms with Crippen LogP contribution in [0.1, 0.15) is 15.9 Å². The molecule has 0 atom stereocenters. The molecule has 0 saturated heterocycles. The van der Waals surface area contributed by atoms with E-state index < -0.39 is 17.3 Å². The lowest BCUT2D eigenvalue weighted by atomic mass is 10.2. The first-order chi connectivity index (χ1) is 14.4. The Morgan fingerprint density at radius 2 is 1.80 bits per heavy atom. The number of anilines is 1. The van der Waals surface area contributed by atoms with E-state index in [1.807, 2.05) is 30.3 Å². The molecule has 0 unspecified atom stereocenters. The van der Waals surface area contributed by atoms with Crippen molar-refractivity contribution in [2.45, 2.75) is 11.7 Å². The van der Waals surface area contributed by atoms with Crippen LogP contribution in [0.15, 0.2) is 70.7 Å². The Balaban J connectivity index is 1.60. The molecule has 2 aromatic carbocycles. The molecule has 0 spiro atoms. The average molecular weight is 426 g/mol. The zero-order valence-electron chi connectivity index (χ0n) is 16.1. The van der Waals surface area contributed by atoms with Gasteiger partial charge in [0.15, 0.2) is 5.16 Å². The molecular formula is C21H19FN4O3S. The number of nitrogens with one attached hydrogen (secondary N) is 2. The van der Waals surface area contributed by atoms with E-state index >= 15 is 0 Å². The molecule has 0 aliphatic carbocycles. The standard InChI is InChI=1S/C21H19FN4O3S/c1-26-20(29)17(19(28)25-16-9-7-15(22)8-10-16)12-24-21(26)30-13-18(27)23-11-14-5-3-2-4-6-14/h2-10,12H,11,13H2,1H3,(H,23,27)(H,25,28). The van der Waals surface area contributed by atoms with E-state index in [0.29, 0.717) is 17.4 Å². The number of hydrogen-bond donors (Lipinski definition) is 2. The third-order valence-corrected chi connectivity index (χ3v) is 5.18. The molecule has 9 heteroatoms. The first-order valence-electron chi connectivity index (χ1n) is 9.00. The average Bonchev–Trinajstić information content (AvgIpc) is 2.75. The summed E-state index contributed by atoms with van der Waals surface area (Å²) in [6, 6.07) is 14.7. The van der Waals surface area contributed by atoms with Gasteiger partial charge in [-0.25, -0.2) is 9.37 Å². The van der Waals surface area contributed by atoms with Crippen LogP contribution in [0, 0.1) is 5.82 Å². The number of rotatable bonds is 7. The maximum atomic E-state index is 13.0. The van der Waals surface area contributed by atoms with Gasteiger partial charge < -0.3 is 10.6 Å². The van der Waals surface area contributed by atoms with Gasteiger partial charge in [-0.3, -0.25) is 19.0 Å². The first-order valence-corrected chi connectivity index (χ1v) is 9.99. The maximum Gasteiger partial charge on any atom is 0.266 e. The normalized spacial score (nSPS) is 10.5. The molecule has 0 fully saturated rings. The largest absolute Gasteiger partial charge is 0.351 e. The summed E-state index contributed by atoms with van der Waals surface area (Å²) in [6.07, 6.45) is 1.17. The fraction of sp³-hybridized carbons (Fsp3) is 0.143. The van der Waals surface area contributed by atoms with Gasteiger partial charge >= 0.3 is 0 Å². The Kier molecular flexibility index (Phi) is 6.97. The summed E-state index contributed by atoms with van der Waals surface area (Å²) in [5, 5.41) is 5.64. The second-order valence-corrected chi connectivity index (χ2v) is 7.27. The van der Waals surface area contributed by atoms with E-state index in [9.17, 15) is 18.8 Å². The molecule has 1 aromatic heterocycles. The minimum atomic E-state index is -0.646. The second-order valence-electron chi connectivity index (χ2n) is 6.33. The van der Waals surface area contributed by atoms with Gasteiger partial charge in [-0.1, -0.05) is 42.1 Å². The molecule has 0 aliphatic heterocycles. The van der Waals surface area contributed by atoms with E-state index in [1.165, 1.54) is 42.1 Å². The van der Waals surface area contributed by atoms with Gasteiger partial charge in [0, 0.05) is 25.5 Å². The van der Waals surface area contributed by atoms with Gasteiger partial charge in [-0.15, -0.1) is 0 Å². The number of thioether (sulfide) groups is 1. The number of benzene rings is 2. The SMILES string of the molecule is Cn1c(SCC(=O)NCc2ccccc2)ncc(C(=O)Nc2ccc(F)cc2)c1=O. The number of nitrogens with zero attached hydrogens (tertiary/aromatic N) is 2. The Labute approximate surface area is 176 Å². The third-order valence-electron chi connectivity index (χ3n) is 4.14. The lowest BCUT2D eigenvalue weighted by Gasteiger charge is -2.10. The molecule has 0 bridgehead atoms.